The summed E-state index contributed by atoms with van der Waals surface area (Å²) in [6.45, 7) is 4.64. The van der Waals surface area contributed by atoms with Gasteiger partial charge in [0.2, 0.25) is 11.1 Å². The molecule has 140 valence electrons. The molecule has 1 amide bonds. The Balaban J connectivity index is 1.67. The molecule has 0 aliphatic carbocycles. The number of aromatic nitrogens is 4. The zero-order chi connectivity index (χ0) is 19.4. The van der Waals surface area contributed by atoms with Gasteiger partial charge in [0.05, 0.1) is 11.4 Å². The van der Waals surface area contributed by atoms with Gasteiger partial charge in [0.25, 0.3) is 0 Å². The molecule has 0 aliphatic heterocycles. The van der Waals surface area contributed by atoms with Crippen molar-refractivity contribution in [3.8, 4) is 5.69 Å². The minimum absolute atomic E-state index is 0.0197. The van der Waals surface area contributed by atoms with Gasteiger partial charge in [0.15, 0.2) is 0 Å². The minimum Gasteiger partial charge on any atom is -0.341 e. The fourth-order valence-corrected chi connectivity index (χ4v) is 3.83. The highest BCUT2D eigenvalue weighted by molar-refractivity contribution is 9.10. The first kappa shape index (κ1) is 19.6. The van der Waals surface area contributed by atoms with Gasteiger partial charge in [-0.3, -0.25) is 4.79 Å². The highest BCUT2D eigenvalue weighted by Crippen LogP contribution is 2.23. The van der Waals surface area contributed by atoms with Crippen molar-refractivity contribution in [1.29, 1.82) is 0 Å². The van der Waals surface area contributed by atoms with Gasteiger partial charge in [-0.2, -0.15) is 4.68 Å². The van der Waals surface area contributed by atoms with E-state index in [9.17, 15) is 4.79 Å². The third kappa shape index (κ3) is 4.56. The average molecular weight is 446 g/mol. The van der Waals surface area contributed by atoms with E-state index in [4.69, 9.17) is 0 Å². The van der Waals surface area contributed by atoms with E-state index in [2.05, 4.69) is 44.4 Å². The van der Waals surface area contributed by atoms with Crippen molar-refractivity contribution in [2.75, 3.05) is 12.8 Å². The summed E-state index contributed by atoms with van der Waals surface area (Å²) in [6.07, 6.45) is 0. The highest BCUT2D eigenvalue weighted by atomic mass is 79.9. The lowest BCUT2D eigenvalue weighted by Crippen LogP contribution is -2.28. The molecular formula is C19H20BrN5OS. The maximum Gasteiger partial charge on any atom is 0.233 e. The number of aryl methyl sites for hydroxylation is 1. The van der Waals surface area contributed by atoms with Crippen molar-refractivity contribution in [2.24, 2.45) is 0 Å². The zero-order valence-corrected chi connectivity index (χ0v) is 17.8. The summed E-state index contributed by atoms with van der Waals surface area (Å²) >= 11 is 4.86. The number of hydrogen-bond donors (Lipinski definition) is 0. The third-order valence-electron chi connectivity index (χ3n) is 4.36. The Morgan fingerprint density at radius 2 is 1.96 bits per heavy atom. The first-order valence-electron chi connectivity index (χ1n) is 8.42. The van der Waals surface area contributed by atoms with Crippen LogP contribution in [0.3, 0.4) is 0 Å². The number of benzene rings is 2. The number of halogens is 1. The Labute approximate surface area is 171 Å². The minimum atomic E-state index is 0.0197. The molecule has 6 nitrogen and oxygen atoms in total. The maximum atomic E-state index is 12.5. The summed E-state index contributed by atoms with van der Waals surface area (Å²) in [6, 6.07) is 13.9. The number of thioether (sulfide) groups is 1. The van der Waals surface area contributed by atoms with Gasteiger partial charge < -0.3 is 4.90 Å². The number of amides is 1. The molecule has 3 aromatic rings. The predicted octanol–water partition coefficient (Wildman–Crippen LogP) is 3.79. The summed E-state index contributed by atoms with van der Waals surface area (Å²) < 4.78 is 2.69. The van der Waals surface area contributed by atoms with Crippen LogP contribution in [0.5, 0.6) is 0 Å². The molecular weight excluding hydrogens is 426 g/mol. The Morgan fingerprint density at radius 3 is 2.74 bits per heavy atom. The van der Waals surface area contributed by atoms with Crippen LogP contribution in [-0.2, 0) is 11.3 Å². The lowest BCUT2D eigenvalue weighted by molar-refractivity contribution is -0.127. The van der Waals surface area contributed by atoms with E-state index in [0.717, 1.165) is 21.3 Å². The number of nitrogens with zero attached hydrogens (tertiary/aromatic N) is 5. The molecule has 0 saturated heterocycles. The van der Waals surface area contributed by atoms with Crippen LogP contribution in [0.4, 0.5) is 0 Å². The Bertz CT molecular complexity index is 959. The first-order valence-corrected chi connectivity index (χ1v) is 10.2. The van der Waals surface area contributed by atoms with Crippen LogP contribution >= 0.6 is 27.7 Å². The second kappa shape index (κ2) is 8.67. The number of carbonyl (C=O) groups excluding carboxylic acids is 1. The lowest BCUT2D eigenvalue weighted by Gasteiger charge is -2.18. The summed E-state index contributed by atoms with van der Waals surface area (Å²) in [5, 5.41) is 12.6. The molecule has 0 aliphatic rings. The molecule has 0 saturated carbocycles. The molecule has 0 spiro atoms. The molecule has 0 N–H and O–H groups in total. The molecule has 0 bridgehead atoms. The average Bonchev–Trinajstić information content (AvgIpc) is 3.12. The van der Waals surface area contributed by atoms with E-state index in [0.29, 0.717) is 11.7 Å². The Kier molecular flexibility index (Phi) is 6.28. The molecule has 0 radical (unpaired) electrons. The molecule has 2 aromatic carbocycles. The van der Waals surface area contributed by atoms with Crippen molar-refractivity contribution < 1.29 is 4.79 Å². The van der Waals surface area contributed by atoms with Gasteiger partial charge in [-0.1, -0.05) is 58.0 Å². The number of hydrogen-bond acceptors (Lipinski definition) is 5. The predicted molar refractivity (Wildman–Crippen MR) is 110 cm³/mol. The Hall–Kier alpha value is -2.19. The second-order valence-electron chi connectivity index (χ2n) is 6.22. The van der Waals surface area contributed by atoms with Crippen LogP contribution in [0, 0.1) is 13.8 Å². The van der Waals surface area contributed by atoms with E-state index in [1.54, 1.807) is 16.6 Å². The number of carbonyl (C=O) groups is 1. The second-order valence-corrected chi connectivity index (χ2v) is 8.02. The largest absolute Gasteiger partial charge is 0.341 e. The van der Waals surface area contributed by atoms with Gasteiger partial charge >= 0.3 is 0 Å². The highest BCUT2D eigenvalue weighted by Gasteiger charge is 2.16. The third-order valence-corrected chi connectivity index (χ3v) is 6.04. The van der Waals surface area contributed by atoms with Gasteiger partial charge in [-0.15, -0.1) is 5.10 Å². The normalized spacial score (nSPS) is 10.8. The van der Waals surface area contributed by atoms with Crippen molar-refractivity contribution in [1.82, 2.24) is 25.1 Å². The summed E-state index contributed by atoms with van der Waals surface area (Å²) in [5.41, 5.74) is 4.28. The summed E-state index contributed by atoms with van der Waals surface area (Å²) in [7, 11) is 1.80. The van der Waals surface area contributed by atoms with Gasteiger partial charge in [0, 0.05) is 18.1 Å². The van der Waals surface area contributed by atoms with Crippen molar-refractivity contribution in [3.05, 3.63) is 63.6 Å². The van der Waals surface area contributed by atoms with Crippen LogP contribution in [0.1, 0.15) is 16.7 Å². The summed E-state index contributed by atoms with van der Waals surface area (Å²) in [5.74, 6) is 0.290. The standard InChI is InChI=1S/C19H20BrN5OS/c1-13-7-6-10-17(14(13)2)25-19(21-22-23-25)27-12-18(26)24(3)11-15-8-4-5-9-16(15)20/h4-10H,11-12H2,1-3H3. The van der Waals surface area contributed by atoms with Crippen LogP contribution in [-0.4, -0.2) is 43.8 Å². The van der Waals surface area contributed by atoms with E-state index in [1.165, 1.54) is 17.3 Å². The quantitative estimate of drug-likeness (QED) is 0.539. The maximum absolute atomic E-state index is 12.5. The van der Waals surface area contributed by atoms with Crippen LogP contribution in [0.25, 0.3) is 5.69 Å². The molecule has 0 unspecified atom stereocenters. The molecule has 8 heteroatoms. The van der Waals surface area contributed by atoms with Crippen LogP contribution in [0.15, 0.2) is 52.1 Å². The van der Waals surface area contributed by atoms with Gasteiger partial charge in [0.1, 0.15) is 0 Å². The lowest BCUT2D eigenvalue weighted by atomic mass is 10.1. The first-order chi connectivity index (χ1) is 13.0. The number of rotatable bonds is 6. The van der Waals surface area contributed by atoms with Crippen molar-refractivity contribution >= 4 is 33.6 Å². The summed E-state index contributed by atoms with van der Waals surface area (Å²) in [4.78, 5) is 14.2. The van der Waals surface area contributed by atoms with E-state index in [-0.39, 0.29) is 11.7 Å². The van der Waals surface area contributed by atoms with Gasteiger partial charge in [-0.25, -0.2) is 0 Å². The molecule has 0 atom stereocenters. The molecule has 1 aromatic heterocycles. The smallest absolute Gasteiger partial charge is 0.233 e. The molecule has 0 fully saturated rings. The van der Waals surface area contributed by atoms with E-state index in [1.807, 2.05) is 43.3 Å². The fourth-order valence-electron chi connectivity index (χ4n) is 2.59. The fraction of sp³-hybridized carbons (Fsp3) is 0.263. The molecule has 1 heterocycles. The van der Waals surface area contributed by atoms with Gasteiger partial charge in [-0.05, 0) is 53.1 Å². The van der Waals surface area contributed by atoms with Crippen molar-refractivity contribution in [2.45, 2.75) is 25.5 Å². The monoisotopic (exact) mass is 445 g/mol. The molecule has 27 heavy (non-hydrogen) atoms. The van der Waals surface area contributed by atoms with E-state index < -0.39 is 0 Å². The topological polar surface area (TPSA) is 63.9 Å². The van der Waals surface area contributed by atoms with E-state index >= 15 is 0 Å². The van der Waals surface area contributed by atoms with Crippen LogP contribution < -0.4 is 0 Å². The Morgan fingerprint density at radius 1 is 1.19 bits per heavy atom. The molecule has 3 rings (SSSR count). The zero-order valence-electron chi connectivity index (χ0n) is 15.4. The number of tetrazole rings is 1. The SMILES string of the molecule is Cc1cccc(-n2nnnc2SCC(=O)N(C)Cc2ccccc2Br)c1C. The van der Waals surface area contributed by atoms with Crippen LogP contribution in [0.2, 0.25) is 0 Å². The van der Waals surface area contributed by atoms with Crippen molar-refractivity contribution in [3.63, 3.8) is 0 Å².